The van der Waals surface area contributed by atoms with E-state index in [1.54, 1.807) is 0 Å². The van der Waals surface area contributed by atoms with E-state index in [9.17, 15) is 0 Å². The van der Waals surface area contributed by atoms with Gasteiger partial charge in [-0.05, 0) is 31.2 Å². The number of hydrogen-bond donors (Lipinski definition) is 0. The predicted octanol–water partition coefficient (Wildman–Crippen LogP) is 3.53. The molecule has 1 unspecified atom stereocenters. The molecule has 0 bridgehead atoms. The molecule has 1 aliphatic heterocycles. The number of piperidine rings is 1. The standard InChI is InChI=1S/C13H20BrN3/c1-2-5-12-6-3-4-7-17(12)13-15-9-11(8-14)10-16-13/h9-10,12H,2-8H2,1H3. The van der Waals surface area contributed by atoms with Gasteiger partial charge in [0.1, 0.15) is 0 Å². The summed E-state index contributed by atoms with van der Waals surface area (Å²) in [4.78, 5) is 11.4. The van der Waals surface area contributed by atoms with Crippen molar-refractivity contribution in [1.29, 1.82) is 0 Å². The molecular formula is C13H20BrN3. The lowest BCUT2D eigenvalue weighted by Gasteiger charge is -2.35. The molecule has 0 radical (unpaired) electrons. The molecule has 3 nitrogen and oxygen atoms in total. The number of aromatic nitrogens is 2. The van der Waals surface area contributed by atoms with Gasteiger partial charge in [-0.3, -0.25) is 0 Å². The molecule has 1 aromatic heterocycles. The third-order valence-corrected chi connectivity index (χ3v) is 4.00. The maximum Gasteiger partial charge on any atom is 0.225 e. The molecule has 0 aromatic carbocycles. The van der Waals surface area contributed by atoms with Crippen molar-refractivity contribution in [1.82, 2.24) is 9.97 Å². The Kier molecular flexibility index (Phi) is 4.77. The molecule has 0 N–H and O–H groups in total. The fourth-order valence-corrected chi connectivity index (χ4v) is 2.75. The summed E-state index contributed by atoms with van der Waals surface area (Å²) in [6.07, 6.45) is 10.2. The van der Waals surface area contributed by atoms with Gasteiger partial charge in [0, 0.05) is 30.3 Å². The van der Waals surface area contributed by atoms with E-state index in [-0.39, 0.29) is 0 Å². The van der Waals surface area contributed by atoms with E-state index in [4.69, 9.17) is 0 Å². The lowest BCUT2D eigenvalue weighted by Crippen LogP contribution is -2.40. The van der Waals surface area contributed by atoms with Crippen LogP contribution in [0.1, 0.15) is 44.6 Å². The van der Waals surface area contributed by atoms with E-state index >= 15 is 0 Å². The molecule has 0 spiro atoms. The SMILES string of the molecule is CCCC1CCCCN1c1ncc(CBr)cn1. The lowest BCUT2D eigenvalue weighted by atomic mass is 9.99. The highest BCUT2D eigenvalue weighted by molar-refractivity contribution is 9.08. The predicted molar refractivity (Wildman–Crippen MR) is 74.6 cm³/mol. The van der Waals surface area contributed by atoms with Crippen LogP contribution in [0.2, 0.25) is 0 Å². The fourth-order valence-electron chi connectivity index (χ4n) is 2.46. The highest BCUT2D eigenvalue weighted by Crippen LogP contribution is 2.24. The Labute approximate surface area is 112 Å². The van der Waals surface area contributed by atoms with Crippen molar-refractivity contribution in [2.24, 2.45) is 0 Å². The highest BCUT2D eigenvalue weighted by Gasteiger charge is 2.23. The van der Waals surface area contributed by atoms with E-state index < -0.39 is 0 Å². The van der Waals surface area contributed by atoms with Gasteiger partial charge in [-0.15, -0.1) is 0 Å². The number of halogens is 1. The summed E-state index contributed by atoms with van der Waals surface area (Å²) < 4.78 is 0. The Morgan fingerprint density at radius 1 is 1.35 bits per heavy atom. The van der Waals surface area contributed by atoms with E-state index in [2.05, 4.69) is 37.7 Å². The third kappa shape index (κ3) is 3.18. The number of hydrogen-bond acceptors (Lipinski definition) is 3. The van der Waals surface area contributed by atoms with Crippen molar-refractivity contribution in [2.45, 2.75) is 50.4 Å². The summed E-state index contributed by atoms with van der Waals surface area (Å²) in [5.41, 5.74) is 1.14. The Morgan fingerprint density at radius 2 is 2.12 bits per heavy atom. The number of nitrogens with zero attached hydrogens (tertiary/aromatic N) is 3. The van der Waals surface area contributed by atoms with Crippen LogP contribution in [-0.2, 0) is 5.33 Å². The monoisotopic (exact) mass is 297 g/mol. The average molecular weight is 298 g/mol. The Balaban J connectivity index is 2.11. The molecule has 2 heterocycles. The van der Waals surface area contributed by atoms with Gasteiger partial charge in [-0.25, -0.2) is 9.97 Å². The molecule has 4 heteroatoms. The first kappa shape index (κ1) is 12.8. The Morgan fingerprint density at radius 3 is 2.76 bits per heavy atom. The summed E-state index contributed by atoms with van der Waals surface area (Å²) in [6, 6.07) is 0.642. The molecule has 1 aliphatic rings. The summed E-state index contributed by atoms with van der Waals surface area (Å²) in [7, 11) is 0. The summed E-state index contributed by atoms with van der Waals surface area (Å²) >= 11 is 3.42. The average Bonchev–Trinajstić information content (AvgIpc) is 2.40. The second kappa shape index (κ2) is 6.34. The molecule has 1 aromatic rings. The van der Waals surface area contributed by atoms with Gasteiger partial charge < -0.3 is 4.90 Å². The van der Waals surface area contributed by atoms with Crippen molar-refractivity contribution in [3.05, 3.63) is 18.0 Å². The van der Waals surface area contributed by atoms with Crippen LogP contribution >= 0.6 is 15.9 Å². The van der Waals surface area contributed by atoms with Crippen molar-refractivity contribution >= 4 is 21.9 Å². The number of anilines is 1. The molecule has 2 rings (SSSR count). The van der Waals surface area contributed by atoms with Gasteiger partial charge in [-0.1, -0.05) is 29.3 Å². The van der Waals surface area contributed by atoms with Crippen LogP contribution in [0.4, 0.5) is 5.95 Å². The van der Waals surface area contributed by atoms with Crippen molar-refractivity contribution in [3.63, 3.8) is 0 Å². The Hall–Kier alpha value is -0.640. The first-order valence-corrected chi connectivity index (χ1v) is 7.60. The minimum atomic E-state index is 0.642. The van der Waals surface area contributed by atoms with Crippen LogP contribution in [0.25, 0.3) is 0 Å². The van der Waals surface area contributed by atoms with E-state index in [0.29, 0.717) is 6.04 Å². The first-order valence-electron chi connectivity index (χ1n) is 6.48. The Bertz CT molecular complexity index is 337. The minimum Gasteiger partial charge on any atom is -0.338 e. The van der Waals surface area contributed by atoms with Crippen molar-refractivity contribution in [2.75, 3.05) is 11.4 Å². The molecule has 0 aliphatic carbocycles. The maximum atomic E-state index is 4.49. The second-order valence-corrected chi connectivity index (χ2v) is 5.22. The van der Waals surface area contributed by atoms with Crippen molar-refractivity contribution in [3.8, 4) is 0 Å². The van der Waals surface area contributed by atoms with Crippen LogP contribution in [0.3, 0.4) is 0 Å². The van der Waals surface area contributed by atoms with Gasteiger partial charge in [0.05, 0.1) is 0 Å². The van der Waals surface area contributed by atoms with Gasteiger partial charge in [0.25, 0.3) is 0 Å². The van der Waals surface area contributed by atoms with Gasteiger partial charge in [0.15, 0.2) is 0 Å². The van der Waals surface area contributed by atoms with Gasteiger partial charge >= 0.3 is 0 Å². The number of rotatable bonds is 4. The molecular weight excluding hydrogens is 278 g/mol. The zero-order chi connectivity index (χ0) is 12.1. The largest absolute Gasteiger partial charge is 0.338 e. The smallest absolute Gasteiger partial charge is 0.225 e. The summed E-state index contributed by atoms with van der Waals surface area (Å²) in [5, 5.41) is 0.825. The molecule has 0 saturated carbocycles. The minimum absolute atomic E-state index is 0.642. The van der Waals surface area contributed by atoms with Crippen LogP contribution < -0.4 is 4.90 Å². The number of alkyl halides is 1. The zero-order valence-electron chi connectivity index (χ0n) is 10.4. The first-order chi connectivity index (χ1) is 8.35. The van der Waals surface area contributed by atoms with Gasteiger partial charge in [0.2, 0.25) is 5.95 Å². The van der Waals surface area contributed by atoms with Crippen molar-refractivity contribution < 1.29 is 0 Å². The lowest BCUT2D eigenvalue weighted by molar-refractivity contribution is 0.428. The molecule has 1 saturated heterocycles. The van der Waals surface area contributed by atoms with Crippen LogP contribution in [0, 0.1) is 0 Å². The molecule has 0 amide bonds. The second-order valence-electron chi connectivity index (χ2n) is 4.66. The summed E-state index contributed by atoms with van der Waals surface area (Å²) in [5.74, 6) is 0.910. The van der Waals surface area contributed by atoms with Crippen LogP contribution in [0.5, 0.6) is 0 Å². The molecule has 1 fully saturated rings. The fraction of sp³-hybridized carbons (Fsp3) is 0.692. The van der Waals surface area contributed by atoms with Gasteiger partial charge in [-0.2, -0.15) is 0 Å². The van der Waals surface area contributed by atoms with E-state index in [1.807, 2.05) is 12.4 Å². The van der Waals surface area contributed by atoms with E-state index in [0.717, 1.165) is 23.4 Å². The van der Waals surface area contributed by atoms with Crippen LogP contribution in [-0.4, -0.2) is 22.6 Å². The summed E-state index contributed by atoms with van der Waals surface area (Å²) in [6.45, 7) is 3.36. The maximum absolute atomic E-state index is 4.49. The zero-order valence-corrected chi connectivity index (χ0v) is 12.0. The molecule has 1 atom stereocenters. The third-order valence-electron chi connectivity index (χ3n) is 3.35. The molecule has 94 valence electrons. The highest BCUT2D eigenvalue weighted by atomic mass is 79.9. The quantitative estimate of drug-likeness (QED) is 0.796. The topological polar surface area (TPSA) is 29.0 Å². The molecule has 17 heavy (non-hydrogen) atoms. The van der Waals surface area contributed by atoms with Crippen LogP contribution in [0.15, 0.2) is 12.4 Å². The normalized spacial score (nSPS) is 20.6. The van der Waals surface area contributed by atoms with E-state index in [1.165, 1.54) is 32.1 Å².